The largest absolute Gasteiger partial charge is 0.379 e. The molecule has 2 rings (SSSR count). The first-order valence-corrected chi connectivity index (χ1v) is 10.7. The molecule has 0 spiro atoms. The zero-order valence-electron chi connectivity index (χ0n) is 18.9. The van der Waals surface area contributed by atoms with Gasteiger partial charge in [-0.05, 0) is 44.9 Å². The SMILES string of the molecule is CC.CC.CC(C)C#CCCC1CCC1.CC(C)OCC1CCC1.F.F. The first-order valence-electron chi connectivity index (χ1n) is 10.7. The molecule has 0 radical (unpaired) electrons. The van der Waals surface area contributed by atoms with E-state index in [4.69, 9.17) is 4.74 Å². The van der Waals surface area contributed by atoms with E-state index >= 15 is 0 Å². The standard InChI is InChI=1S/C11H18.C8H16O.2C2H6.2FH/c1-10(2)6-3-4-7-11-8-5-9-11;1-7(2)9-6-8-4-3-5-8;2*1-2;;/h10-11H,4-5,7-9H2,1-2H3;7-8H,3-6H2,1-2H3;2*1-2H3;2*1H. The van der Waals surface area contributed by atoms with Gasteiger partial charge in [0.1, 0.15) is 0 Å². The van der Waals surface area contributed by atoms with E-state index < -0.39 is 0 Å². The van der Waals surface area contributed by atoms with Crippen molar-refractivity contribution in [2.24, 2.45) is 17.8 Å². The molecular formula is C23H48F2O. The van der Waals surface area contributed by atoms with Crippen LogP contribution in [0.15, 0.2) is 0 Å². The number of rotatable bonds is 5. The lowest BCUT2D eigenvalue weighted by Gasteiger charge is -2.25. The lowest BCUT2D eigenvalue weighted by molar-refractivity contribution is 0.0298. The second-order valence-electron chi connectivity index (χ2n) is 6.99. The quantitative estimate of drug-likeness (QED) is 0.443. The molecule has 0 aromatic heterocycles. The summed E-state index contributed by atoms with van der Waals surface area (Å²) in [4.78, 5) is 0. The van der Waals surface area contributed by atoms with Crippen LogP contribution in [0.2, 0.25) is 0 Å². The molecule has 0 amide bonds. The first-order chi connectivity index (χ1) is 11.6. The minimum absolute atomic E-state index is 0. The summed E-state index contributed by atoms with van der Waals surface area (Å²) in [6, 6.07) is 0. The summed E-state index contributed by atoms with van der Waals surface area (Å²) in [6.45, 7) is 17.5. The summed E-state index contributed by atoms with van der Waals surface area (Å²) < 4.78 is 5.45. The second kappa shape index (κ2) is 24.4. The highest BCUT2D eigenvalue weighted by molar-refractivity contribution is 5.01. The van der Waals surface area contributed by atoms with Crippen molar-refractivity contribution in [3.8, 4) is 11.8 Å². The van der Waals surface area contributed by atoms with Crippen LogP contribution in [0.25, 0.3) is 0 Å². The van der Waals surface area contributed by atoms with E-state index in [9.17, 15) is 0 Å². The molecular weight excluding hydrogens is 330 g/mol. The van der Waals surface area contributed by atoms with E-state index in [0.717, 1.165) is 24.9 Å². The third kappa shape index (κ3) is 21.4. The van der Waals surface area contributed by atoms with Gasteiger partial charge < -0.3 is 4.74 Å². The Morgan fingerprint density at radius 1 is 0.808 bits per heavy atom. The van der Waals surface area contributed by atoms with Crippen molar-refractivity contribution >= 4 is 0 Å². The highest BCUT2D eigenvalue weighted by Gasteiger charge is 2.17. The fourth-order valence-electron chi connectivity index (χ4n) is 2.32. The Morgan fingerprint density at radius 2 is 1.27 bits per heavy atom. The molecule has 26 heavy (non-hydrogen) atoms. The Kier molecular flexibility index (Phi) is 30.9. The Labute approximate surface area is 163 Å². The van der Waals surface area contributed by atoms with Gasteiger partial charge in [0.2, 0.25) is 0 Å². The average molecular weight is 379 g/mol. The molecule has 2 fully saturated rings. The smallest absolute Gasteiger partial charge is 0.0519 e. The van der Waals surface area contributed by atoms with E-state index in [2.05, 4.69) is 39.5 Å². The maximum absolute atomic E-state index is 5.45. The van der Waals surface area contributed by atoms with Gasteiger partial charge in [-0.25, -0.2) is 0 Å². The summed E-state index contributed by atoms with van der Waals surface area (Å²) in [5.41, 5.74) is 0. The van der Waals surface area contributed by atoms with Gasteiger partial charge in [-0.2, -0.15) is 0 Å². The Morgan fingerprint density at radius 3 is 1.58 bits per heavy atom. The number of hydrogen-bond acceptors (Lipinski definition) is 1. The molecule has 0 heterocycles. The molecule has 0 atom stereocenters. The van der Waals surface area contributed by atoms with Crippen molar-refractivity contribution in [3.63, 3.8) is 0 Å². The zero-order chi connectivity index (χ0) is 18.8. The van der Waals surface area contributed by atoms with Crippen LogP contribution in [0, 0.1) is 29.6 Å². The van der Waals surface area contributed by atoms with Crippen molar-refractivity contribution in [2.75, 3.05) is 6.61 Å². The monoisotopic (exact) mass is 378 g/mol. The molecule has 2 saturated carbocycles. The number of hydrogen-bond donors (Lipinski definition) is 0. The van der Waals surface area contributed by atoms with E-state index in [-0.39, 0.29) is 9.41 Å². The van der Waals surface area contributed by atoms with Gasteiger partial charge in [0.25, 0.3) is 0 Å². The zero-order valence-corrected chi connectivity index (χ0v) is 18.9. The minimum atomic E-state index is 0. The van der Waals surface area contributed by atoms with Crippen molar-refractivity contribution in [2.45, 2.75) is 113 Å². The van der Waals surface area contributed by atoms with Gasteiger partial charge in [-0.15, -0.1) is 11.8 Å². The Bertz CT molecular complexity index is 297. The van der Waals surface area contributed by atoms with E-state index in [1.807, 2.05) is 27.7 Å². The molecule has 1 nitrogen and oxygen atoms in total. The Hall–Kier alpha value is -0.620. The first kappa shape index (κ1) is 33.0. The molecule has 0 aromatic carbocycles. The van der Waals surface area contributed by atoms with Crippen LogP contribution in [-0.4, -0.2) is 12.7 Å². The average Bonchev–Trinajstić information content (AvgIpc) is 2.48. The van der Waals surface area contributed by atoms with Gasteiger partial charge in [0, 0.05) is 18.9 Å². The van der Waals surface area contributed by atoms with Gasteiger partial charge in [-0.1, -0.05) is 67.2 Å². The van der Waals surface area contributed by atoms with Crippen molar-refractivity contribution in [1.29, 1.82) is 0 Å². The van der Waals surface area contributed by atoms with Crippen LogP contribution in [0.5, 0.6) is 0 Å². The normalized spacial score (nSPS) is 14.8. The van der Waals surface area contributed by atoms with Crippen LogP contribution < -0.4 is 0 Å². The van der Waals surface area contributed by atoms with Crippen LogP contribution in [0.4, 0.5) is 9.41 Å². The maximum Gasteiger partial charge on any atom is 0.0519 e. The maximum atomic E-state index is 5.45. The lowest BCUT2D eigenvalue weighted by atomic mass is 9.82. The van der Waals surface area contributed by atoms with Gasteiger partial charge in [0.15, 0.2) is 0 Å². The minimum Gasteiger partial charge on any atom is -0.379 e. The molecule has 0 N–H and O–H groups in total. The second-order valence-corrected chi connectivity index (χ2v) is 6.99. The third-order valence-corrected chi connectivity index (χ3v) is 4.18. The predicted molar refractivity (Wildman–Crippen MR) is 115 cm³/mol. The molecule has 2 aliphatic rings. The summed E-state index contributed by atoms with van der Waals surface area (Å²) in [5, 5.41) is 0. The van der Waals surface area contributed by atoms with Crippen molar-refractivity contribution in [1.82, 2.24) is 0 Å². The highest BCUT2D eigenvalue weighted by Crippen LogP contribution is 2.30. The van der Waals surface area contributed by atoms with Gasteiger partial charge >= 0.3 is 0 Å². The molecule has 160 valence electrons. The molecule has 0 saturated heterocycles. The van der Waals surface area contributed by atoms with Crippen molar-refractivity contribution < 1.29 is 14.1 Å². The summed E-state index contributed by atoms with van der Waals surface area (Å²) >= 11 is 0. The fourth-order valence-corrected chi connectivity index (χ4v) is 2.32. The molecule has 0 bridgehead atoms. The van der Waals surface area contributed by atoms with E-state index in [1.165, 1.54) is 44.9 Å². The Balaban J connectivity index is -0.000000148. The number of halogens is 2. The fraction of sp³-hybridized carbons (Fsp3) is 0.913. The predicted octanol–water partition coefficient (Wildman–Crippen LogP) is 7.80. The molecule has 0 aromatic rings. The molecule has 0 unspecified atom stereocenters. The van der Waals surface area contributed by atoms with Crippen LogP contribution in [0.3, 0.4) is 0 Å². The topological polar surface area (TPSA) is 9.23 Å². The summed E-state index contributed by atoms with van der Waals surface area (Å²) in [6.07, 6.45) is 11.5. The van der Waals surface area contributed by atoms with Gasteiger partial charge in [0.05, 0.1) is 6.10 Å². The van der Waals surface area contributed by atoms with Crippen LogP contribution >= 0.6 is 0 Å². The van der Waals surface area contributed by atoms with Gasteiger partial charge in [-0.3, -0.25) is 9.41 Å². The highest BCUT2D eigenvalue weighted by atomic mass is 19.0. The van der Waals surface area contributed by atoms with E-state index in [0.29, 0.717) is 12.0 Å². The molecule has 0 aliphatic heterocycles. The summed E-state index contributed by atoms with van der Waals surface area (Å²) in [5.74, 6) is 8.91. The van der Waals surface area contributed by atoms with Crippen LogP contribution in [0.1, 0.15) is 107 Å². The third-order valence-electron chi connectivity index (χ3n) is 4.18. The molecule has 3 heteroatoms. The van der Waals surface area contributed by atoms with E-state index in [1.54, 1.807) is 0 Å². The van der Waals surface area contributed by atoms with Crippen molar-refractivity contribution in [3.05, 3.63) is 0 Å². The number of ether oxygens (including phenoxy) is 1. The molecule has 2 aliphatic carbocycles. The lowest BCUT2D eigenvalue weighted by Crippen LogP contribution is -2.19. The summed E-state index contributed by atoms with van der Waals surface area (Å²) in [7, 11) is 0. The van der Waals surface area contributed by atoms with Crippen LogP contribution in [-0.2, 0) is 4.74 Å².